The van der Waals surface area contributed by atoms with Crippen molar-refractivity contribution in [1.82, 2.24) is 4.90 Å². The summed E-state index contributed by atoms with van der Waals surface area (Å²) in [5.74, 6) is -0.275. The molecule has 2 aliphatic rings. The number of nitrogens with zero attached hydrogens (tertiary/aromatic N) is 1. The Hall–Kier alpha value is -1.89. The molecule has 0 radical (unpaired) electrons. The summed E-state index contributed by atoms with van der Waals surface area (Å²) in [6, 6.07) is -0.563. The van der Waals surface area contributed by atoms with Gasteiger partial charge in [-0.25, -0.2) is 0 Å². The Labute approximate surface area is 179 Å². The van der Waals surface area contributed by atoms with Gasteiger partial charge in [-0.05, 0) is 23.7 Å². The zero-order valence-corrected chi connectivity index (χ0v) is 19.0. The number of ether oxygens (including phenoxy) is 2. The van der Waals surface area contributed by atoms with Gasteiger partial charge >= 0.3 is 5.97 Å². The second-order valence-electron chi connectivity index (χ2n) is 9.93. The highest BCUT2D eigenvalue weighted by atomic mass is 16.5. The van der Waals surface area contributed by atoms with E-state index < -0.39 is 23.1 Å². The molecule has 1 saturated heterocycles. The van der Waals surface area contributed by atoms with Crippen LogP contribution in [0.2, 0.25) is 0 Å². The van der Waals surface area contributed by atoms with Gasteiger partial charge < -0.3 is 19.5 Å². The first-order chi connectivity index (χ1) is 14.0. The Morgan fingerprint density at radius 3 is 2.53 bits per heavy atom. The highest BCUT2D eigenvalue weighted by Gasteiger charge is 2.46. The molecule has 0 aromatic heterocycles. The number of hydrogen-bond donors (Lipinski definition) is 1. The SMILES string of the molecule is CC(C)CCCC(C)CCOC(=O)CC(C)(C)CC(=O)C1=C(O)C2COCN2C1=O. The maximum Gasteiger partial charge on any atom is 0.306 e. The monoisotopic (exact) mass is 423 g/mol. The predicted octanol–water partition coefficient (Wildman–Crippen LogP) is 3.77. The first-order valence-corrected chi connectivity index (χ1v) is 11.0. The number of aliphatic hydroxyl groups is 1. The molecule has 0 aromatic carbocycles. The van der Waals surface area contributed by atoms with Crippen LogP contribution >= 0.6 is 0 Å². The molecule has 0 aliphatic carbocycles. The van der Waals surface area contributed by atoms with E-state index in [0.29, 0.717) is 18.4 Å². The maximum atomic E-state index is 12.7. The molecule has 1 fully saturated rings. The number of amides is 1. The zero-order valence-electron chi connectivity index (χ0n) is 19.0. The van der Waals surface area contributed by atoms with Crippen molar-refractivity contribution >= 4 is 17.7 Å². The van der Waals surface area contributed by atoms with Gasteiger partial charge in [-0.3, -0.25) is 14.4 Å². The molecule has 7 nitrogen and oxygen atoms in total. The fraction of sp³-hybridized carbons (Fsp3) is 0.783. The molecule has 170 valence electrons. The third kappa shape index (κ3) is 6.56. The van der Waals surface area contributed by atoms with E-state index in [1.165, 1.54) is 17.7 Å². The summed E-state index contributed by atoms with van der Waals surface area (Å²) in [4.78, 5) is 38.7. The molecule has 2 aliphatic heterocycles. The van der Waals surface area contributed by atoms with Crippen LogP contribution in [0.4, 0.5) is 0 Å². The average Bonchev–Trinajstić information content (AvgIpc) is 3.17. The van der Waals surface area contributed by atoms with Gasteiger partial charge in [0.2, 0.25) is 0 Å². The summed E-state index contributed by atoms with van der Waals surface area (Å²) in [5.41, 5.74) is -0.839. The van der Waals surface area contributed by atoms with Crippen LogP contribution in [-0.4, -0.2) is 53.7 Å². The highest BCUT2D eigenvalue weighted by Crippen LogP contribution is 2.33. The second kappa shape index (κ2) is 10.4. The number of rotatable bonds is 12. The van der Waals surface area contributed by atoms with Crippen molar-refractivity contribution in [2.75, 3.05) is 19.9 Å². The lowest BCUT2D eigenvalue weighted by Crippen LogP contribution is -2.32. The van der Waals surface area contributed by atoms with Crippen LogP contribution in [0.15, 0.2) is 11.3 Å². The summed E-state index contributed by atoms with van der Waals surface area (Å²) < 4.78 is 10.5. The summed E-state index contributed by atoms with van der Waals surface area (Å²) in [7, 11) is 0. The summed E-state index contributed by atoms with van der Waals surface area (Å²) >= 11 is 0. The molecule has 2 heterocycles. The van der Waals surface area contributed by atoms with Crippen molar-refractivity contribution < 1.29 is 29.0 Å². The van der Waals surface area contributed by atoms with Crippen LogP contribution in [0, 0.1) is 17.3 Å². The van der Waals surface area contributed by atoms with Gasteiger partial charge in [-0.15, -0.1) is 0 Å². The standard InChI is InChI=1S/C23H37NO6/c1-15(2)7-6-8-16(3)9-10-30-19(26)12-23(4,5)11-18(25)20-21(27)17-13-29-14-24(17)22(20)28/h15-17,27H,6-14H2,1-5H3. The normalized spacial score (nSPS) is 20.1. The Balaban J connectivity index is 1.76. The minimum absolute atomic E-state index is 0.0136. The van der Waals surface area contributed by atoms with Crippen molar-refractivity contribution in [3.8, 4) is 0 Å². The van der Waals surface area contributed by atoms with E-state index in [0.717, 1.165) is 12.8 Å². The Morgan fingerprint density at radius 1 is 1.20 bits per heavy atom. The largest absolute Gasteiger partial charge is 0.509 e. The number of fused-ring (bicyclic) bond motifs is 1. The number of esters is 1. The molecule has 7 heteroatoms. The molecule has 0 saturated carbocycles. The smallest absolute Gasteiger partial charge is 0.306 e. The van der Waals surface area contributed by atoms with E-state index in [1.807, 2.05) is 0 Å². The van der Waals surface area contributed by atoms with Crippen molar-refractivity contribution in [3.05, 3.63) is 11.3 Å². The van der Waals surface area contributed by atoms with E-state index in [9.17, 15) is 19.5 Å². The van der Waals surface area contributed by atoms with Crippen LogP contribution in [-0.2, 0) is 23.9 Å². The number of carbonyl (C=O) groups excluding carboxylic acids is 3. The van der Waals surface area contributed by atoms with Crippen LogP contribution in [0.1, 0.15) is 73.1 Å². The van der Waals surface area contributed by atoms with Crippen molar-refractivity contribution in [3.63, 3.8) is 0 Å². The van der Waals surface area contributed by atoms with Gasteiger partial charge in [0.15, 0.2) is 5.78 Å². The molecular formula is C23H37NO6. The molecule has 0 bridgehead atoms. The lowest BCUT2D eigenvalue weighted by molar-refractivity contribution is -0.146. The quantitative estimate of drug-likeness (QED) is 0.379. The molecule has 2 unspecified atom stereocenters. The number of Topliss-reactive ketones (excluding diaryl/α,β-unsaturated/α-hetero) is 1. The van der Waals surface area contributed by atoms with E-state index in [-0.39, 0.29) is 43.5 Å². The predicted molar refractivity (Wildman–Crippen MR) is 113 cm³/mol. The van der Waals surface area contributed by atoms with Gasteiger partial charge in [0.1, 0.15) is 24.1 Å². The zero-order chi connectivity index (χ0) is 22.5. The third-order valence-corrected chi connectivity index (χ3v) is 5.82. The minimum Gasteiger partial charge on any atom is -0.509 e. The molecule has 2 atom stereocenters. The van der Waals surface area contributed by atoms with Gasteiger partial charge in [0.25, 0.3) is 5.91 Å². The van der Waals surface area contributed by atoms with Crippen LogP contribution in [0.5, 0.6) is 0 Å². The van der Waals surface area contributed by atoms with Gasteiger partial charge in [-0.1, -0.05) is 53.9 Å². The van der Waals surface area contributed by atoms with Gasteiger partial charge in [0.05, 0.1) is 19.6 Å². The number of hydrogen-bond acceptors (Lipinski definition) is 6. The van der Waals surface area contributed by atoms with Crippen LogP contribution in [0.3, 0.4) is 0 Å². The lowest BCUT2D eigenvalue weighted by Gasteiger charge is -2.23. The van der Waals surface area contributed by atoms with Gasteiger partial charge in [-0.2, -0.15) is 0 Å². The Kier molecular flexibility index (Phi) is 8.47. The molecule has 1 N–H and O–H groups in total. The highest BCUT2D eigenvalue weighted by molar-refractivity contribution is 6.21. The number of aliphatic hydroxyl groups excluding tert-OH is 1. The van der Waals surface area contributed by atoms with Crippen molar-refractivity contribution in [2.45, 2.75) is 79.2 Å². The minimum atomic E-state index is -0.672. The van der Waals surface area contributed by atoms with E-state index in [1.54, 1.807) is 13.8 Å². The fourth-order valence-corrected chi connectivity index (χ4v) is 3.97. The molecule has 0 aromatic rings. The molecule has 1 amide bonds. The van der Waals surface area contributed by atoms with Gasteiger partial charge in [0, 0.05) is 6.42 Å². The number of carbonyl (C=O) groups is 3. The lowest BCUT2D eigenvalue weighted by atomic mass is 9.82. The fourth-order valence-electron chi connectivity index (χ4n) is 3.97. The average molecular weight is 424 g/mol. The maximum absolute atomic E-state index is 12.7. The summed E-state index contributed by atoms with van der Waals surface area (Å²) in [6.45, 7) is 10.9. The van der Waals surface area contributed by atoms with E-state index in [4.69, 9.17) is 9.47 Å². The number of ketones is 1. The molecule has 30 heavy (non-hydrogen) atoms. The topological polar surface area (TPSA) is 93.1 Å². The summed E-state index contributed by atoms with van der Waals surface area (Å²) in [6.07, 6.45) is 4.43. The van der Waals surface area contributed by atoms with Crippen molar-refractivity contribution in [1.29, 1.82) is 0 Å². The Bertz CT molecular complexity index is 681. The Morgan fingerprint density at radius 2 is 1.90 bits per heavy atom. The van der Waals surface area contributed by atoms with Crippen molar-refractivity contribution in [2.24, 2.45) is 17.3 Å². The third-order valence-electron chi connectivity index (χ3n) is 5.82. The van der Waals surface area contributed by atoms with E-state index in [2.05, 4.69) is 20.8 Å². The molecular weight excluding hydrogens is 386 g/mol. The summed E-state index contributed by atoms with van der Waals surface area (Å²) in [5, 5.41) is 10.3. The van der Waals surface area contributed by atoms with Crippen LogP contribution in [0.25, 0.3) is 0 Å². The second-order valence-corrected chi connectivity index (χ2v) is 9.93. The van der Waals surface area contributed by atoms with E-state index >= 15 is 0 Å². The first kappa shape index (κ1) is 24.4. The molecule has 0 spiro atoms. The van der Waals surface area contributed by atoms with Crippen LogP contribution < -0.4 is 0 Å². The molecule has 2 rings (SSSR count). The first-order valence-electron chi connectivity index (χ1n) is 11.0.